The van der Waals surface area contributed by atoms with Crippen LogP contribution >= 0.6 is 11.6 Å². The first kappa shape index (κ1) is 13.0. The molecule has 0 saturated heterocycles. The van der Waals surface area contributed by atoms with Crippen LogP contribution in [0, 0.1) is 6.08 Å². The molecule has 0 aromatic carbocycles. The lowest BCUT2D eigenvalue weighted by Crippen LogP contribution is -2.20. The van der Waals surface area contributed by atoms with E-state index in [-0.39, 0.29) is 29.9 Å². The molecule has 1 rings (SSSR count). The molecule has 1 heterocycles. The summed E-state index contributed by atoms with van der Waals surface area (Å²) in [6.45, 7) is 0.0999. The van der Waals surface area contributed by atoms with E-state index in [0.29, 0.717) is 0 Å². The van der Waals surface area contributed by atoms with Crippen LogP contribution in [0.15, 0.2) is 6.33 Å². The topological polar surface area (TPSA) is 84.8 Å². The molecule has 0 unspecified atom stereocenters. The minimum atomic E-state index is -3.17. The van der Waals surface area contributed by atoms with Gasteiger partial charge in [-0.15, -0.1) is 11.6 Å². The van der Waals surface area contributed by atoms with E-state index in [1.54, 1.807) is 0 Å². The molecule has 1 N–H and O–H groups in total. The third kappa shape index (κ3) is 4.67. The number of hydrogen-bond acceptors (Lipinski definition) is 6. The van der Waals surface area contributed by atoms with Crippen LogP contribution < -0.4 is 5.32 Å². The standard InChI is InChI=1S/C7H10ClFN4O2S/c8-1-3-16(14,15)4-2-10-7-12-5-11-6(9)13-7/h5H,1-4H2,(H,10,11,12,13). The number of alkyl halides is 1. The summed E-state index contributed by atoms with van der Waals surface area (Å²) in [5, 5.41) is 2.58. The zero-order valence-corrected chi connectivity index (χ0v) is 9.80. The van der Waals surface area contributed by atoms with Gasteiger partial charge >= 0.3 is 6.08 Å². The molecular weight excluding hydrogens is 259 g/mol. The number of sulfone groups is 1. The highest BCUT2D eigenvalue weighted by Crippen LogP contribution is 1.97. The maximum Gasteiger partial charge on any atom is 0.313 e. The summed E-state index contributed by atoms with van der Waals surface area (Å²) in [4.78, 5) is 10.1. The van der Waals surface area contributed by atoms with Gasteiger partial charge in [0.25, 0.3) is 0 Å². The number of rotatable bonds is 6. The van der Waals surface area contributed by atoms with Crippen molar-refractivity contribution in [2.75, 3.05) is 29.2 Å². The largest absolute Gasteiger partial charge is 0.353 e. The second-order valence-electron chi connectivity index (χ2n) is 2.85. The number of halogens is 2. The summed E-state index contributed by atoms with van der Waals surface area (Å²) in [6.07, 6.45) is 0.0823. The molecular formula is C7H10ClFN4O2S. The molecule has 0 radical (unpaired) electrons. The first-order valence-electron chi connectivity index (χ1n) is 4.38. The highest BCUT2D eigenvalue weighted by molar-refractivity contribution is 7.91. The van der Waals surface area contributed by atoms with Crippen molar-refractivity contribution in [3.8, 4) is 0 Å². The summed E-state index contributed by atoms with van der Waals surface area (Å²) in [5.41, 5.74) is 0. The minimum absolute atomic E-state index is 0.00794. The van der Waals surface area contributed by atoms with E-state index >= 15 is 0 Å². The molecule has 1 aromatic heterocycles. The van der Waals surface area contributed by atoms with Crippen LogP contribution in [0.2, 0.25) is 0 Å². The van der Waals surface area contributed by atoms with E-state index in [9.17, 15) is 12.8 Å². The van der Waals surface area contributed by atoms with Gasteiger partial charge in [0.1, 0.15) is 6.33 Å². The fourth-order valence-corrected chi connectivity index (χ4v) is 2.46. The average molecular weight is 269 g/mol. The fourth-order valence-electron chi connectivity index (χ4n) is 0.899. The number of aromatic nitrogens is 3. The lowest BCUT2D eigenvalue weighted by atomic mass is 10.7. The molecule has 0 bridgehead atoms. The van der Waals surface area contributed by atoms with Crippen molar-refractivity contribution in [2.24, 2.45) is 0 Å². The van der Waals surface area contributed by atoms with Crippen molar-refractivity contribution in [1.82, 2.24) is 15.0 Å². The quantitative estimate of drug-likeness (QED) is 0.736. The summed E-state index contributed by atoms with van der Waals surface area (Å²) in [7, 11) is -3.17. The maximum atomic E-state index is 12.5. The van der Waals surface area contributed by atoms with Crippen molar-refractivity contribution in [1.29, 1.82) is 0 Å². The summed E-state index contributed by atoms with van der Waals surface area (Å²) in [5.74, 6) is -0.120. The van der Waals surface area contributed by atoms with Gasteiger partial charge in [-0.25, -0.2) is 13.4 Å². The Balaban J connectivity index is 2.42. The van der Waals surface area contributed by atoms with Crippen LogP contribution in [-0.4, -0.2) is 47.3 Å². The third-order valence-electron chi connectivity index (χ3n) is 1.63. The van der Waals surface area contributed by atoms with Gasteiger partial charge in [-0.2, -0.15) is 14.4 Å². The smallest absolute Gasteiger partial charge is 0.313 e. The normalized spacial score (nSPS) is 11.4. The Kier molecular flexibility index (Phi) is 4.81. The molecule has 0 atom stereocenters. The van der Waals surface area contributed by atoms with Crippen LogP contribution in [0.3, 0.4) is 0 Å². The van der Waals surface area contributed by atoms with E-state index < -0.39 is 15.9 Å². The van der Waals surface area contributed by atoms with E-state index in [2.05, 4.69) is 20.3 Å². The zero-order chi connectivity index (χ0) is 12.0. The fraction of sp³-hybridized carbons (Fsp3) is 0.571. The molecule has 0 spiro atoms. The van der Waals surface area contributed by atoms with Gasteiger partial charge < -0.3 is 5.32 Å². The Hall–Kier alpha value is -1.02. The molecule has 9 heteroatoms. The molecule has 16 heavy (non-hydrogen) atoms. The van der Waals surface area contributed by atoms with Gasteiger partial charge in [-0.05, 0) is 0 Å². The molecule has 0 aliphatic carbocycles. The lowest BCUT2D eigenvalue weighted by molar-refractivity contribution is 0.534. The number of hydrogen-bond donors (Lipinski definition) is 1. The Morgan fingerprint density at radius 1 is 1.38 bits per heavy atom. The monoisotopic (exact) mass is 268 g/mol. The molecule has 0 amide bonds. The molecule has 0 saturated carbocycles. The molecule has 0 aliphatic rings. The van der Waals surface area contributed by atoms with Crippen molar-refractivity contribution in [3.05, 3.63) is 12.4 Å². The summed E-state index contributed by atoms with van der Waals surface area (Å²) >= 11 is 5.32. The molecule has 0 fully saturated rings. The third-order valence-corrected chi connectivity index (χ3v) is 3.69. The first-order valence-corrected chi connectivity index (χ1v) is 6.74. The van der Waals surface area contributed by atoms with Gasteiger partial charge in [-0.3, -0.25) is 0 Å². The second-order valence-corrected chi connectivity index (χ2v) is 5.53. The minimum Gasteiger partial charge on any atom is -0.353 e. The molecule has 0 aliphatic heterocycles. The van der Waals surface area contributed by atoms with E-state index in [1.165, 1.54) is 0 Å². The Labute approximate surface area is 97.2 Å². The van der Waals surface area contributed by atoms with Crippen LogP contribution in [0.4, 0.5) is 10.3 Å². The number of nitrogens with one attached hydrogen (secondary N) is 1. The van der Waals surface area contributed by atoms with E-state index in [1.807, 2.05) is 0 Å². The summed E-state index contributed by atoms with van der Waals surface area (Å²) < 4.78 is 35.0. The SMILES string of the molecule is O=S(=O)(CCCl)CCNc1ncnc(F)n1. The molecule has 90 valence electrons. The Morgan fingerprint density at radius 2 is 2.12 bits per heavy atom. The van der Waals surface area contributed by atoms with Crippen LogP contribution in [-0.2, 0) is 9.84 Å². The van der Waals surface area contributed by atoms with Crippen LogP contribution in [0.5, 0.6) is 0 Å². The van der Waals surface area contributed by atoms with Crippen molar-refractivity contribution in [3.63, 3.8) is 0 Å². The predicted octanol–water partition coefficient (Wildman–Crippen LogP) is 0.0762. The molecule has 6 nitrogen and oxygen atoms in total. The van der Waals surface area contributed by atoms with Crippen LogP contribution in [0.25, 0.3) is 0 Å². The van der Waals surface area contributed by atoms with Gasteiger partial charge in [0.15, 0.2) is 9.84 Å². The van der Waals surface area contributed by atoms with Crippen molar-refractivity contribution in [2.45, 2.75) is 0 Å². The highest BCUT2D eigenvalue weighted by Gasteiger charge is 2.09. The van der Waals surface area contributed by atoms with Crippen LogP contribution in [0.1, 0.15) is 0 Å². The number of nitrogens with zero attached hydrogens (tertiary/aromatic N) is 3. The second kappa shape index (κ2) is 5.90. The van der Waals surface area contributed by atoms with Crippen molar-refractivity contribution >= 4 is 27.4 Å². The molecule has 1 aromatic rings. The maximum absolute atomic E-state index is 12.5. The van der Waals surface area contributed by atoms with Gasteiger partial charge in [0, 0.05) is 12.4 Å². The highest BCUT2D eigenvalue weighted by atomic mass is 35.5. The van der Waals surface area contributed by atoms with Gasteiger partial charge in [0.05, 0.1) is 11.5 Å². The first-order chi connectivity index (χ1) is 7.53. The summed E-state index contributed by atoms with van der Waals surface area (Å²) in [6, 6.07) is 0. The Bertz CT molecular complexity index is 442. The van der Waals surface area contributed by atoms with Crippen molar-refractivity contribution < 1.29 is 12.8 Å². The van der Waals surface area contributed by atoms with Gasteiger partial charge in [-0.1, -0.05) is 0 Å². The average Bonchev–Trinajstić information content (AvgIpc) is 2.17. The zero-order valence-electron chi connectivity index (χ0n) is 8.23. The number of anilines is 1. The van der Waals surface area contributed by atoms with E-state index in [4.69, 9.17) is 11.6 Å². The van der Waals surface area contributed by atoms with Gasteiger partial charge in [0.2, 0.25) is 5.95 Å². The predicted molar refractivity (Wildman–Crippen MR) is 57.6 cm³/mol. The van der Waals surface area contributed by atoms with E-state index in [0.717, 1.165) is 6.33 Å². The lowest BCUT2D eigenvalue weighted by Gasteiger charge is -2.04. The Morgan fingerprint density at radius 3 is 2.75 bits per heavy atom.